The van der Waals surface area contributed by atoms with Crippen LogP contribution in [0, 0.1) is 15.5 Å². The Morgan fingerprint density at radius 2 is 2.00 bits per heavy atom. The molecule has 1 fully saturated rings. The number of carbonyl (C=O) groups is 1. The van der Waals surface area contributed by atoms with Crippen molar-refractivity contribution in [1.82, 2.24) is 0 Å². The highest BCUT2D eigenvalue weighted by molar-refractivity contribution is 5.93. The molecule has 4 heteroatoms. The number of carbonyl (C=O) groups excluding carboxylic acids is 1. The number of nitro benzene ring substituents is 1. The quantitative estimate of drug-likeness (QED) is 0.595. The molecule has 2 rings (SSSR count). The maximum absolute atomic E-state index is 11.6. The van der Waals surface area contributed by atoms with E-state index >= 15 is 0 Å². The molecule has 0 spiro atoms. The first-order chi connectivity index (χ1) is 7.99. The lowest BCUT2D eigenvalue weighted by Crippen LogP contribution is -2.45. The second kappa shape index (κ2) is 3.95. The normalized spacial score (nSPS) is 27.6. The summed E-state index contributed by atoms with van der Waals surface area (Å²) in [7, 11) is 0. The van der Waals surface area contributed by atoms with Crippen molar-refractivity contribution in [2.45, 2.75) is 32.6 Å². The highest BCUT2D eigenvalue weighted by Crippen LogP contribution is 2.51. The van der Waals surface area contributed by atoms with Gasteiger partial charge in [0.2, 0.25) is 0 Å². The van der Waals surface area contributed by atoms with Crippen LogP contribution in [0.25, 0.3) is 0 Å². The zero-order valence-electron chi connectivity index (χ0n) is 9.97. The zero-order chi connectivity index (χ0) is 12.6. The molecular formula is C13H15NO3. The Balaban J connectivity index is 2.25. The van der Waals surface area contributed by atoms with E-state index in [0.717, 1.165) is 12.0 Å². The van der Waals surface area contributed by atoms with E-state index in [-0.39, 0.29) is 17.0 Å². The van der Waals surface area contributed by atoms with E-state index < -0.39 is 4.92 Å². The first kappa shape index (κ1) is 11.8. The van der Waals surface area contributed by atoms with Gasteiger partial charge in [-0.1, -0.05) is 26.0 Å². The molecule has 0 radical (unpaired) electrons. The molecule has 0 saturated heterocycles. The molecule has 0 aliphatic heterocycles. The summed E-state index contributed by atoms with van der Waals surface area (Å²) in [5, 5.41) is 10.6. The molecule has 0 aromatic heterocycles. The Hall–Kier alpha value is -1.71. The first-order valence-electron chi connectivity index (χ1n) is 5.76. The molecule has 0 heterocycles. The molecule has 1 saturated carbocycles. The lowest BCUT2D eigenvalue weighted by molar-refractivity contribution is -0.384. The molecular weight excluding hydrogens is 218 g/mol. The van der Waals surface area contributed by atoms with E-state index in [1.807, 2.05) is 13.8 Å². The van der Waals surface area contributed by atoms with Gasteiger partial charge in [0.25, 0.3) is 5.69 Å². The van der Waals surface area contributed by atoms with Gasteiger partial charge in [-0.3, -0.25) is 14.9 Å². The second-order valence-electron chi connectivity index (χ2n) is 4.80. The summed E-state index contributed by atoms with van der Waals surface area (Å²) in [6.07, 6.45) is 1.37. The van der Waals surface area contributed by atoms with Crippen molar-refractivity contribution in [3.63, 3.8) is 0 Å². The highest BCUT2D eigenvalue weighted by Gasteiger charge is 2.50. The van der Waals surface area contributed by atoms with Gasteiger partial charge in [0.1, 0.15) is 5.78 Å². The summed E-state index contributed by atoms with van der Waals surface area (Å²) < 4.78 is 0. The van der Waals surface area contributed by atoms with E-state index in [9.17, 15) is 14.9 Å². The maximum Gasteiger partial charge on any atom is 0.269 e. The van der Waals surface area contributed by atoms with Crippen LogP contribution in [0.3, 0.4) is 0 Å². The number of hydrogen-bond acceptors (Lipinski definition) is 3. The Morgan fingerprint density at radius 1 is 1.41 bits per heavy atom. The monoisotopic (exact) mass is 233 g/mol. The number of benzene rings is 1. The van der Waals surface area contributed by atoms with Crippen molar-refractivity contribution in [3.8, 4) is 0 Å². The zero-order valence-corrected chi connectivity index (χ0v) is 9.97. The molecule has 0 N–H and O–H groups in total. The van der Waals surface area contributed by atoms with Crippen LogP contribution in [-0.2, 0) is 4.79 Å². The number of Topliss-reactive ketones (excluding diaryl/α,β-unsaturated/α-hetero) is 1. The van der Waals surface area contributed by atoms with Gasteiger partial charge in [-0.2, -0.15) is 0 Å². The molecule has 1 aliphatic rings. The van der Waals surface area contributed by atoms with Crippen molar-refractivity contribution >= 4 is 11.5 Å². The molecule has 1 aliphatic carbocycles. The molecule has 2 atom stereocenters. The summed E-state index contributed by atoms with van der Waals surface area (Å²) in [4.78, 5) is 21.8. The lowest BCUT2D eigenvalue weighted by atomic mass is 9.56. The van der Waals surface area contributed by atoms with Gasteiger partial charge >= 0.3 is 0 Å². The van der Waals surface area contributed by atoms with E-state index in [0.29, 0.717) is 12.2 Å². The number of non-ortho nitro benzene ring substituents is 1. The van der Waals surface area contributed by atoms with E-state index in [1.54, 1.807) is 12.1 Å². The number of rotatable bonds is 3. The molecule has 90 valence electrons. The van der Waals surface area contributed by atoms with E-state index in [2.05, 4.69) is 0 Å². The maximum atomic E-state index is 11.6. The van der Waals surface area contributed by atoms with Crippen LogP contribution in [-0.4, -0.2) is 10.7 Å². The van der Waals surface area contributed by atoms with Crippen molar-refractivity contribution < 1.29 is 9.72 Å². The largest absolute Gasteiger partial charge is 0.299 e. The molecule has 2 unspecified atom stereocenters. The Morgan fingerprint density at radius 3 is 2.41 bits per heavy atom. The lowest BCUT2D eigenvalue weighted by Gasteiger charge is -2.45. The van der Waals surface area contributed by atoms with Crippen molar-refractivity contribution in [2.24, 2.45) is 5.41 Å². The van der Waals surface area contributed by atoms with E-state index in [1.165, 1.54) is 12.1 Å². The van der Waals surface area contributed by atoms with Gasteiger partial charge in [0.15, 0.2) is 0 Å². The van der Waals surface area contributed by atoms with Crippen molar-refractivity contribution in [2.75, 3.05) is 0 Å². The van der Waals surface area contributed by atoms with Gasteiger partial charge < -0.3 is 0 Å². The molecule has 4 nitrogen and oxygen atoms in total. The predicted octanol–water partition coefficient (Wildman–Crippen LogP) is 3.07. The van der Waals surface area contributed by atoms with Crippen LogP contribution in [0.2, 0.25) is 0 Å². The molecule has 1 aromatic rings. The van der Waals surface area contributed by atoms with Gasteiger partial charge in [0, 0.05) is 29.9 Å². The third-order valence-electron chi connectivity index (χ3n) is 4.04. The number of ketones is 1. The minimum atomic E-state index is -0.408. The average Bonchev–Trinajstić information content (AvgIpc) is 2.34. The SMILES string of the molecule is CCC1(C)C(=O)CC1c1ccc([N+](=O)[O-])cc1. The highest BCUT2D eigenvalue weighted by atomic mass is 16.6. The van der Waals surface area contributed by atoms with Gasteiger partial charge in [-0.25, -0.2) is 0 Å². The average molecular weight is 233 g/mol. The van der Waals surface area contributed by atoms with Crippen LogP contribution in [0.5, 0.6) is 0 Å². The van der Waals surface area contributed by atoms with Crippen LogP contribution in [0.4, 0.5) is 5.69 Å². The number of nitrogens with zero attached hydrogens (tertiary/aromatic N) is 1. The molecule has 0 bridgehead atoms. The minimum Gasteiger partial charge on any atom is -0.299 e. The summed E-state index contributed by atoms with van der Waals surface area (Å²) in [5.41, 5.74) is 0.841. The number of nitro groups is 1. The predicted molar refractivity (Wildman–Crippen MR) is 63.9 cm³/mol. The second-order valence-corrected chi connectivity index (χ2v) is 4.80. The van der Waals surface area contributed by atoms with Crippen molar-refractivity contribution in [3.05, 3.63) is 39.9 Å². The Kier molecular flexibility index (Phi) is 2.73. The first-order valence-corrected chi connectivity index (χ1v) is 5.76. The fourth-order valence-electron chi connectivity index (χ4n) is 2.46. The Bertz CT molecular complexity index is 466. The summed E-state index contributed by atoms with van der Waals surface area (Å²) in [6, 6.07) is 6.55. The van der Waals surface area contributed by atoms with Gasteiger partial charge in [0.05, 0.1) is 4.92 Å². The van der Waals surface area contributed by atoms with E-state index in [4.69, 9.17) is 0 Å². The molecule has 0 amide bonds. The fraction of sp³-hybridized carbons (Fsp3) is 0.462. The third-order valence-corrected chi connectivity index (χ3v) is 4.04. The summed E-state index contributed by atoms with van der Waals surface area (Å²) >= 11 is 0. The van der Waals surface area contributed by atoms with Crippen LogP contribution in [0.15, 0.2) is 24.3 Å². The smallest absolute Gasteiger partial charge is 0.269 e. The fourth-order valence-corrected chi connectivity index (χ4v) is 2.46. The molecule has 1 aromatic carbocycles. The van der Waals surface area contributed by atoms with Crippen LogP contribution in [0.1, 0.15) is 38.2 Å². The van der Waals surface area contributed by atoms with Gasteiger partial charge in [-0.15, -0.1) is 0 Å². The van der Waals surface area contributed by atoms with Crippen LogP contribution < -0.4 is 0 Å². The minimum absolute atomic E-state index is 0.0950. The number of hydrogen-bond donors (Lipinski definition) is 0. The topological polar surface area (TPSA) is 60.2 Å². The molecule has 17 heavy (non-hydrogen) atoms. The van der Waals surface area contributed by atoms with Crippen LogP contribution >= 0.6 is 0 Å². The summed E-state index contributed by atoms with van der Waals surface area (Å²) in [6.45, 7) is 3.99. The Labute approximate surface area is 99.8 Å². The van der Waals surface area contributed by atoms with Crippen molar-refractivity contribution in [1.29, 1.82) is 0 Å². The van der Waals surface area contributed by atoms with Gasteiger partial charge in [-0.05, 0) is 12.0 Å². The third kappa shape index (κ3) is 1.73. The standard InChI is InChI=1S/C13H15NO3/c1-3-13(2)11(8-12(13)15)9-4-6-10(7-5-9)14(16)17/h4-7,11H,3,8H2,1-2H3. The summed E-state index contributed by atoms with van der Waals surface area (Å²) in [5.74, 6) is 0.504.